The Morgan fingerprint density at radius 3 is 2.34 bits per heavy atom. The Hall–Kier alpha value is -1.26. The van der Waals surface area contributed by atoms with Crippen molar-refractivity contribution in [2.75, 3.05) is 0 Å². The number of aliphatic hydroxyl groups is 2. The average Bonchev–Trinajstić information content (AvgIpc) is 3.47. The fourth-order valence-electron chi connectivity index (χ4n) is 15.4. The van der Waals surface area contributed by atoms with Gasteiger partial charge in [-0.3, -0.25) is 9.59 Å². The van der Waals surface area contributed by atoms with Crippen LogP contribution in [0.3, 0.4) is 0 Å². The molecule has 4 unspecified atom stereocenters. The summed E-state index contributed by atoms with van der Waals surface area (Å²) < 4.78 is 0. The van der Waals surface area contributed by atoms with Crippen LogP contribution in [0.25, 0.3) is 0 Å². The topological polar surface area (TPSA) is 74.6 Å². The van der Waals surface area contributed by atoms with Crippen molar-refractivity contribution in [2.45, 2.75) is 136 Å². The van der Waals surface area contributed by atoms with Crippen molar-refractivity contribution in [3.8, 4) is 0 Å². The van der Waals surface area contributed by atoms with E-state index in [4.69, 9.17) is 0 Å². The molecule has 0 aromatic rings. The molecule has 8 aliphatic carbocycles. The second kappa shape index (κ2) is 9.65. The Labute approximate surface area is 265 Å². The van der Waals surface area contributed by atoms with Gasteiger partial charge in [0.05, 0.1) is 11.7 Å². The van der Waals surface area contributed by atoms with Gasteiger partial charge >= 0.3 is 0 Å². The molecular formula is C40H58O4. The Kier molecular flexibility index (Phi) is 6.60. The van der Waals surface area contributed by atoms with Crippen LogP contribution in [-0.4, -0.2) is 33.5 Å². The van der Waals surface area contributed by atoms with Crippen LogP contribution in [0.4, 0.5) is 0 Å². The summed E-state index contributed by atoms with van der Waals surface area (Å²) in [5, 5.41) is 23.8. The third-order valence-corrected chi connectivity index (χ3v) is 17.6. The maximum atomic E-state index is 13.5. The minimum absolute atomic E-state index is 0.0205. The first-order valence-corrected chi connectivity index (χ1v) is 18.6. The van der Waals surface area contributed by atoms with Gasteiger partial charge in [0.15, 0.2) is 5.78 Å². The molecule has 0 saturated heterocycles. The highest BCUT2D eigenvalue weighted by molar-refractivity contribution is 5.92. The molecule has 0 amide bonds. The predicted molar refractivity (Wildman–Crippen MR) is 172 cm³/mol. The molecule has 4 nitrogen and oxygen atoms in total. The fourth-order valence-corrected chi connectivity index (χ4v) is 15.4. The third-order valence-electron chi connectivity index (χ3n) is 17.6. The van der Waals surface area contributed by atoms with Gasteiger partial charge in [-0.1, -0.05) is 45.4 Å². The highest BCUT2D eigenvalue weighted by atomic mass is 16.3. The molecular weight excluding hydrogens is 544 g/mol. The number of fused-ring (bicyclic) bond motifs is 10. The van der Waals surface area contributed by atoms with E-state index < -0.39 is 5.60 Å². The van der Waals surface area contributed by atoms with E-state index >= 15 is 0 Å². The SMILES string of the molecule is CC(=O)[C@H]1CC[C@H]2[C@@H]3CCC4=CC(=O)CC(C5(O)CC[C@H]6[C@@H]7CCC8CC(O)C=C[C@]8(C)[C@@H]7CC[C@@]65C)[C@]4(C)[C@H]3CC[C@]12C. The molecule has 0 bridgehead atoms. The van der Waals surface area contributed by atoms with Crippen molar-refractivity contribution in [1.29, 1.82) is 0 Å². The summed E-state index contributed by atoms with van der Waals surface area (Å²) in [4.78, 5) is 26.3. The van der Waals surface area contributed by atoms with E-state index in [9.17, 15) is 19.8 Å². The molecule has 0 radical (unpaired) electrons. The first kappa shape index (κ1) is 30.1. The summed E-state index contributed by atoms with van der Waals surface area (Å²) in [5.74, 6) is 4.76. The summed E-state index contributed by atoms with van der Waals surface area (Å²) in [5.41, 5.74) is 0.456. The van der Waals surface area contributed by atoms with Crippen molar-refractivity contribution >= 4 is 11.6 Å². The van der Waals surface area contributed by atoms with E-state index in [-0.39, 0.29) is 45.4 Å². The summed E-state index contributed by atoms with van der Waals surface area (Å²) >= 11 is 0. The quantitative estimate of drug-likeness (QED) is 0.316. The maximum absolute atomic E-state index is 13.5. The molecule has 44 heavy (non-hydrogen) atoms. The van der Waals surface area contributed by atoms with Crippen molar-refractivity contribution < 1.29 is 19.8 Å². The number of ketones is 2. The maximum Gasteiger partial charge on any atom is 0.156 e. The van der Waals surface area contributed by atoms with Crippen LogP contribution in [0.15, 0.2) is 23.8 Å². The average molecular weight is 603 g/mol. The molecule has 8 rings (SSSR count). The molecule has 6 fully saturated rings. The van der Waals surface area contributed by atoms with Crippen LogP contribution in [0.2, 0.25) is 0 Å². The monoisotopic (exact) mass is 602 g/mol. The van der Waals surface area contributed by atoms with E-state index in [0.717, 1.165) is 64.2 Å². The van der Waals surface area contributed by atoms with Crippen molar-refractivity contribution in [1.82, 2.24) is 0 Å². The van der Waals surface area contributed by atoms with E-state index in [0.29, 0.717) is 53.6 Å². The summed E-state index contributed by atoms with van der Waals surface area (Å²) in [6.45, 7) is 11.6. The van der Waals surface area contributed by atoms with Gasteiger partial charge in [0.2, 0.25) is 0 Å². The van der Waals surface area contributed by atoms with Crippen LogP contribution in [0.1, 0.15) is 125 Å². The Bertz CT molecular complexity index is 1310. The number of carbonyl (C=O) groups is 2. The molecule has 0 heterocycles. The van der Waals surface area contributed by atoms with E-state index in [1.54, 1.807) is 0 Å². The molecule has 4 heteroatoms. The molecule has 2 N–H and O–H groups in total. The molecule has 15 atom stereocenters. The molecule has 0 aromatic carbocycles. The second-order valence-electron chi connectivity index (χ2n) is 18.5. The van der Waals surface area contributed by atoms with Crippen molar-refractivity contribution in [3.05, 3.63) is 23.8 Å². The van der Waals surface area contributed by atoms with Crippen molar-refractivity contribution in [3.63, 3.8) is 0 Å². The van der Waals surface area contributed by atoms with Crippen LogP contribution in [-0.2, 0) is 9.59 Å². The first-order valence-electron chi connectivity index (χ1n) is 18.6. The molecule has 0 spiro atoms. The minimum atomic E-state index is -0.830. The lowest BCUT2D eigenvalue weighted by atomic mass is 9.40. The largest absolute Gasteiger partial charge is 0.389 e. The minimum Gasteiger partial charge on any atom is -0.389 e. The molecule has 6 saturated carbocycles. The number of rotatable bonds is 2. The van der Waals surface area contributed by atoms with Crippen LogP contribution < -0.4 is 0 Å². The summed E-state index contributed by atoms with van der Waals surface area (Å²) in [7, 11) is 0. The smallest absolute Gasteiger partial charge is 0.156 e. The Balaban J connectivity index is 1.14. The van der Waals surface area contributed by atoms with Gasteiger partial charge in [0.1, 0.15) is 5.78 Å². The number of carbonyl (C=O) groups excluding carboxylic acids is 2. The van der Waals surface area contributed by atoms with E-state index in [2.05, 4.69) is 39.8 Å². The predicted octanol–water partition coefficient (Wildman–Crippen LogP) is 7.86. The standard InChI is InChI=1S/C40H58O4/c1-23(41)30-10-11-31-29-9-7-25-21-27(43)22-35(39(25,5)34(29)13-17-37(30,31)3)40(44)19-15-33-28-8-6-24-20-26(42)12-16-36(24,2)32(28)14-18-38(33,40)4/h12,16,21,24,26,28-35,42,44H,6-11,13-15,17-20,22H2,1-5H3/t24?,26?,28-,29+,30-,31+,32-,33+,34+,35?,36+,37-,38+,39+,40?/m1/s1. The van der Waals surface area contributed by atoms with Crippen LogP contribution >= 0.6 is 0 Å². The van der Waals surface area contributed by atoms with Crippen LogP contribution in [0.5, 0.6) is 0 Å². The molecule has 8 aliphatic rings. The fraction of sp³-hybridized carbons (Fsp3) is 0.850. The van der Waals surface area contributed by atoms with Gasteiger partial charge in [-0.25, -0.2) is 0 Å². The second-order valence-corrected chi connectivity index (χ2v) is 18.5. The number of hydrogen-bond acceptors (Lipinski definition) is 4. The lowest BCUT2D eigenvalue weighted by Gasteiger charge is -2.65. The lowest BCUT2D eigenvalue weighted by molar-refractivity contribution is -0.199. The van der Waals surface area contributed by atoms with E-state index in [1.165, 1.54) is 24.8 Å². The van der Waals surface area contributed by atoms with Crippen molar-refractivity contribution in [2.24, 2.45) is 74.9 Å². The zero-order valence-corrected chi connectivity index (χ0v) is 28.1. The van der Waals surface area contributed by atoms with Gasteiger partial charge < -0.3 is 10.2 Å². The van der Waals surface area contributed by atoms with Gasteiger partial charge in [-0.2, -0.15) is 0 Å². The highest BCUT2D eigenvalue weighted by Crippen LogP contribution is 2.74. The zero-order chi connectivity index (χ0) is 31.0. The van der Waals surface area contributed by atoms with Gasteiger partial charge in [0.25, 0.3) is 0 Å². The first-order chi connectivity index (χ1) is 20.8. The van der Waals surface area contributed by atoms with E-state index in [1.807, 2.05) is 13.0 Å². The lowest BCUT2D eigenvalue weighted by Crippen LogP contribution is -2.64. The number of Topliss-reactive ketones (excluding diaryl/α,β-unsaturated/α-hetero) is 1. The number of aliphatic hydroxyl groups excluding tert-OH is 1. The molecule has 0 aromatic heterocycles. The molecule has 242 valence electrons. The summed E-state index contributed by atoms with van der Waals surface area (Å²) in [6.07, 6.45) is 20.6. The normalized spacial score (nSPS) is 57.7. The van der Waals surface area contributed by atoms with Gasteiger partial charge in [-0.05, 0) is 160 Å². The van der Waals surface area contributed by atoms with Gasteiger partial charge in [-0.15, -0.1) is 0 Å². The summed E-state index contributed by atoms with van der Waals surface area (Å²) in [6, 6.07) is 0. The Morgan fingerprint density at radius 1 is 0.841 bits per heavy atom. The highest BCUT2D eigenvalue weighted by Gasteiger charge is 2.71. The van der Waals surface area contributed by atoms with Crippen LogP contribution in [0, 0.1) is 74.9 Å². The zero-order valence-electron chi connectivity index (χ0n) is 28.1. The third kappa shape index (κ3) is 3.65. The number of allylic oxidation sites excluding steroid dienone is 2. The Morgan fingerprint density at radius 2 is 1.57 bits per heavy atom. The number of hydrogen-bond donors (Lipinski definition) is 2. The van der Waals surface area contributed by atoms with Gasteiger partial charge in [0, 0.05) is 18.3 Å². The molecule has 0 aliphatic heterocycles.